The number of hydrazine groups is 1. The van der Waals surface area contributed by atoms with E-state index < -0.39 is 0 Å². The Balaban J connectivity index is 1.94. The molecule has 0 bridgehead atoms. The highest BCUT2D eigenvalue weighted by molar-refractivity contribution is 5.75. The van der Waals surface area contributed by atoms with Gasteiger partial charge in [0.15, 0.2) is 0 Å². The molecule has 2 aromatic heterocycles. The van der Waals surface area contributed by atoms with Crippen LogP contribution in [-0.2, 0) is 13.6 Å². The van der Waals surface area contributed by atoms with Crippen LogP contribution in [0.4, 0.5) is 5.69 Å². The van der Waals surface area contributed by atoms with Crippen LogP contribution >= 0.6 is 0 Å². The van der Waals surface area contributed by atoms with Gasteiger partial charge in [0.25, 0.3) is 5.56 Å². The van der Waals surface area contributed by atoms with E-state index in [1.54, 1.807) is 24.7 Å². The van der Waals surface area contributed by atoms with E-state index in [2.05, 4.69) is 28.1 Å². The highest BCUT2D eigenvalue weighted by Crippen LogP contribution is 2.25. The molecule has 0 aliphatic carbocycles. The summed E-state index contributed by atoms with van der Waals surface area (Å²) in [5.74, 6) is 0. The number of nitrogens with zero attached hydrogens (tertiary/aromatic N) is 3. The van der Waals surface area contributed by atoms with Gasteiger partial charge in [0.2, 0.25) is 0 Å². The molecule has 0 amide bonds. The number of pyridine rings is 1. The maximum absolute atomic E-state index is 11.8. The Morgan fingerprint density at radius 2 is 1.96 bits per heavy atom. The van der Waals surface area contributed by atoms with Crippen LogP contribution in [0.2, 0.25) is 0 Å². The number of hydrogen-bond acceptors (Lipinski definition) is 4. The van der Waals surface area contributed by atoms with E-state index in [4.69, 9.17) is 0 Å². The molecule has 0 saturated carbocycles. The Morgan fingerprint density at radius 1 is 1.17 bits per heavy atom. The summed E-state index contributed by atoms with van der Waals surface area (Å²) in [6.07, 6.45) is 5.60. The molecule has 1 aromatic carbocycles. The van der Waals surface area contributed by atoms with Gasteiger partial charge >= 0.3 is 0 Å². The van der Waals surface area contributed by atoms with Gasteiger partial charge < -0.3 is 9.99 Å². The Morgan fingerprint density at radius 3 is 2.70 bits per heavy atom. The first-order valence-corrected chi connectivity index (χ1v) is 7.37. The SMILES string of the molecule is CNNc1cc(=O)n(C)cc1-c1cnn(Cc2ccccc2)c1. The van der Waals surface area contributed by atoms with E-state index >= 15 is 0 Å². The topological polar surface area (TPSA) is 63.9 Å². The van der Waals surface area contributed by atoms with Gasteiger partial charge in [0.05, 0.1) is 18.4 Å². The maximum atomic E-state index is 11.8. The van der Waals surface area contributed by atoms with E-state index in [0.29, 0.717) is 6.54 Å². The first-order chi connectivity index (χ1) is 11.2. The average molecular weight is 309 g/mol. The normalized spacial score (nSPS) is 10.7. The van der Waals surface area contributed by atoms with Crippen LogP contribution in [0.1, 0.15) is 5.56 Å². The second-order valence-corrected chi connectivity index (χ2v) is 5.34. The first-order valence-electron chi connectivity index (χ1n) is 7.37. The minimum Gasteiger partial charge on any atom is -0.321 e. The second kappa shape index (κ2) is 6.50. The van der Waals surface area contributed by atoms with Crippen molar-refractivity contribution < 1.29 is 0 Å². The van der Waals surface area contributed by atoms with Crippen molar-refractivity contribution in [3.05, 3.63) is 70.9 Å². The summed E-state index contributed by atoms with van der Waals surface area (Å²) < 4.78 is 3.45. The van der Waals surface area contributed by atoms with Crippen LogP contribution in [-0.4, -0.2) is 21.4 Å². The van der Waals surface area contributed by atoms with E-state index in [1.807, 2.05) is 41.5 Å². The minimum atomic E-state index is -0.0665. The Labute approximate surface area is 134 Å². The fraction of sp³-hybridized carbons (Fsp3) is 0.176. The molecule has 2 N–H and O–H groups in total. The molecule has 3 rings (SSSR count). The van der Waals surface area contributed by atoms with Crippen molar-refractivity contribution in [3.63, 3.8) is 0 Å². The largest absolute Gasteiger partial charge is 0.321 e. The number of benzene rings is 1. The third-order valence-electron chi connectivity index (χ3n) is 3.62. The molecule has 6 heteroatoms. The zero-order valence-corrected chi connectivity index (χ0v) is 13.2. The van der Waals surface area contributed by atoms with Crippen LogP contribution in [0.15, 0.2) is 59.8 Å². The van der Waals surface area contributed by atoms with Crippen LogP contribution < -0.4 is 16.4 Å². The lowest BCUT2D eigenvalue weighted by atomic mass is 10.1. The second-order valence-electron chi connectivity index (χ2n) is 5.34. The summed E-state index contributed by atoms with van der Waals surface area (Å²) >= 11 is 0. The summed E-state index contributed by atoms with van der Waals surface area (Å²) in [5, 5.41) is 4.42. The smallest absolute Gasteiger partial charge is 0.252 e. The fourth-order valence-corrected chi connectivity index (χ4v) is 2.46. The molecule has 23 heavy (non-hydrogen) atoms. The number of anilines is 1. The lowest BCUT2D eigenvalue weighted by molar-refractivity contribution is 0.687. The number of aryl methyl sites for hydroxylation is 1. The quantitative estimate of drug-likeness (QED) is 0.706. The molecule has 3 aromatic rings. The van der Waals surface area contributed by atoms with Gasteiger partial charge in [-0.15, -0.1) is 0 Å². The van der Waals surface area contributed by atoms with E-state index in [-0.39, 0.29) is 5.56 Å². The Hall–Kier alpha value is -2.86. The van der Waals surface area contributed by atoms with Gasteiger partial charge in [-0.1, -0.05) is 30.3 Å². The van der Waals surface area contributed by atoms with Gasteiger partial charge in [-0.05, 0) is 5.56 Å². The monoisotopic (exact) mass is 309 g/mol. The molecule has 2 heterocycles. The standard InChI is InChI=1S/C17H19N5O/c1-18-20-16-8-17(23)21(2)12-15(16)14-9-19-22(11-14)10-13-6-4-3-5-7-13/h3-9,11-12,18,20H,10H2,1-2H3. The van der Waals surface area contributed by atoms with Gasteiger partial charge in [0.1, 0.15) is 0 Å². The molecule has 0 radical (unpaired) electrons. The summed E-state index contributed by atoms with van der Waals surface area (Å²) in [6, 6.07) is 11.7. The van der Waals surface area contributed by atoms with Crippen molar-refractivity contribution in [1.29, 1.82) is 0 Å². The van der Waals surface area contributed by atoms with Crippen molar-refractivity contribution in [1.82, 2.24) is 19.8 Å². The summed E-state index contributed by atoms with van der Waals surface area (Å²) in [6.45, 7) is 0.710. The Bertz CT molecular complexity index is 851. The molecule has 0 unspecified atom stereocenters. The molecular formula is C17H19N5O. The van der Waals surface area contributed by atoms with Crippen LogP contribution in [0.5, 0.6) is 0 Å². The van der Waals surface area contributed by atoms with Crippen molar-refractivity contribution in [2.45, 2.75) is 6.54 Å². The lowest BCUT2D eigenvalue weighted by Gasteiger charge is -2.11. The number of rotatable bonds is 5. The minimum absolute atomic E-state index is 0.0665. The number of nitrogens with one attached hydrogen (secondary N) is 2. The van der Waals surface area contributed by atoms with Gasteiger partial charge in [0, 0.05) is 43.7 Å². The summed E-state index contributed by atoms with van der Waals surface area (Å²) in [7, 11) is 3.50. The van der Waals surface area contributed by atoms with Crippen molar-refractivity contribution in [2.24, 2.45) is 7.05 Å². The van der Waals surface area contributed by atoms with Gasteiger partial charge in [-0.2, -0.15) is 5.10 Å². The summed E-state index contributed by atoms with van der Waals surface area (Å²) in [5.41, 5.74) is 9.59. The Kier molecular flexibility index (Phi) is 4.25. The highest BCUT2D eigenvalue weighted by atomic mass is 16.1. The van der Waals surface area contributed by atoms with E-state index in [0.717, 1.165) is 16.8 Å². The molecule has 118 valence electrons. The summed E-state index contributed by atoms with van der Waals surface area (Å²) in [4.78, 5) is 11.8. The van der Waals surface area contributed by atoms with Crippen LogP contribution in [0.3, 0.4) is 0 Å². The van der Waals surface area contributed by atoms with Crippen molar-refractivity contribution in [2.75, 3.05) is 12.5 Å². The van der Waals surface area contributed by atoms with E-state index in [9.17, 15) is 4.79 Å². The molecular weight excluding hydrogens is 290 g/mol. The average Bonchev–Trinajstić information content (AvgIpc) is 3.00. The highest BCUT2D eigenvalue weighted by Gasteiger charge is 2.10. The number of aromatic nitrogens is 3. The molecule has 0 aliphatic heterocycles. The zero-order chi connectivity index (χ0) is 16.2. The maximum Gasteiger partial charge on any atom is 0.252 e. The van der Waals surface area contributed by atoms with Crippen LogP contribution in [0.25, 0.3) is 11.1 Å². The third-order valence-corrected chi connectivity index (χ3v) is 3.62. The fourth-order valence-electron chi connectivity index (χ4n) is 2.46. The lowest BCUT2D eigenvalue weighted by Crippen LogP contribution is -2.21. The third kappa shape index (κ3) is 3.32. The van der Waals surface area contributed by atoms with Crippen LogP contribution in [0, 0.1) is 0 Å². The molecule has 0 spiro atoms. The first kappa shape index (κ1) is 15.1. The zero-order valence-electron chi connectivity index (χ0n) is 13.2. The molecule has 0 aliphatic rings. The number of hydrogen-bond donors (Lipinski definition) is 2. The molecule has 0 saturated heterocycles. The van der Waals surface area contributed by atoms with Crippen molar-refractivity contribution in [3.8, 4) is 11.1 Å². The molecule has 0 fully saturated rings. The molecule has 0 atom stereocenters. The predicted octanol–water partition coefficient (Wildman–Crippen LogP) is 1.84. The van der Waals surface area contributed by atoms with E-state index in [1.165, 1.54) is 5.56 Å². The predicted molar refractivity (Wildman–Crippen MR) is 91.1 cm³/mol. The van der Waals surface area contributed by atoms with Gasteiger partial charge in [-0.25, -0.2) is 5.43 Å². The molecule has 6 nitrogen and oxygen atoms in total. The van der Waals surface area contributed by atoms with Crippen molar-refractivity contribution >= 4 is 5.69 Å². The van der Waals surface area contributed by atoms with Gasteiger partial charge in [-0.3, -0.25) is 9.48 Å².